The summed E-state index contributed by atoms with van der Waals surface area (Å²) in [6, 6.07) is 2.09. The van der Waals surface area contributed by atoms with Crippen LogP contribution in [0, 0.1) is 13.8 Å². The molecule has 0 aliphatic heterocycles. The Morgan fingerprint density at radius 1 is 1.31 bits per heavy atom. The second-order valence-corrected chi connectivity index (χ2v) is 3.98. The monoisotopic (exact) mass is 219 g/mol. The first kappa shape index (κ1) is 10.7. The van der Waals surface area contributed by atoms with E-state index in [0.29, 0.717) is 5.95 Å². The highest BCUT2D eigenvalue weighted by Crippen LogP contribution is 2.05. The molecule has 0 bridgehead atoms. The average molecular weight is 219 g/mol. The number of nitrogens with zero attached hydrogens (tertiary/aromatic N) is 4. The van der Waals surface area contributed by atoms with Gasteiger partial charge in [0, 0.05) is 31.2 Å². The van der Waals surface area contributed by atoms with E-state index in [2.05, 4.69) is 23.1 Å². The van der Waals surface area contributed by atoms with Gasteiger partial charge < -0.3 is 10.3 Å². The minimum Gasteiger partial charge on any atom is -0.369 e. The van der Waals surface area contributed by atoms with Crippen molar-refractivity contribution in [3.63, 3.8) is 0 Å². The molecular formula is C11H17N5. The number of hydrogen-bond donors (Lipinski definition) is 1. The van der Waals surface area contributed by atoms with Crippen molar-refractivity contribution in [2.75, 3.05) is 5.73 Å². The third kappa shape index (κ3) is 2.24. The first-order valence-corrected chi connectivity index (χ1v) is 5.44. The van der Waals surface area contributed by atoms with Crippen LogP contribution in [0.3, 0.4) is 0 Å². The van der Waals surface area contributed by atoms with E-state index >= 15 is 0 Å². The number of aryl methyl sites for hydroxylation is 4. The zero-order chi connectivity index (χ0) is 11.5. The average Bonchev–Trinajstić information content (AvgIpc) is 2.75. The molecule has 0 amide bonds. The SMILES string of the molecule is Cc1cc(C)n(CCCn2ccnc2N)n1. The summed E-state index contributed by atoms with van der Waals surface area (Å²) >= 11 is 0. The van der Waals surface area contributed by atoms with E-state index in [9.17, 15) is 0 Å². The van der Waals surface area contributed by atoms with Crippen LogP contribution >= 0.6 is 0 Å². The summed E-state index contributed by atoms with van der Waals surface area (Å²) < 4.78 is 3.98. The molecule has 0 atom stereocenters. The third-order valence-corrected chi connectivity index (χ3v) is 2.62. The lowest BCUT2D eigenvalue weighted by atomic mass is 10.4. The molecule has 2 rings (SSSR count). The van der Waals surface area contributed by atoms with E-state index in [4.69, 9.17) is 5.73 Å². The second kappa shape index (κ2) is 4.38. The van der Waals surface area contributed by atoms with Gasteiger partial charge in [0.15, 0.2) is 5.95 Å². The minimum absolute atomic E-state index is 0.577. The van der Waals surface area contributed by atoms with Gasteiger partial charge in [-0.05, 0) is 26.3 Å². The molecular weight excluding hydrogens is 202 g/mol. The van der Waals surface area contributed by atoms with Crippen molar-refractivity contribution < 1.29 is 0 Å². The first-order chi connectivity index (χ1) is 7.66. The van der Waals surface area contributed by atoms with Crippen LogP contribution in [-0.2, 0) is 13.1 Å². The van der Waals surface area contributed by atoms with E-state index < -0.39 is 0 Å². The van der Waals surface area contributed by atoms with Crippen molar-refractivity contribution in [2.24, 2.45) is 0 Å². The van der Waals surface area contributed by atoms with Crippen LogP contribution in [0.15, 0.2) is 18.5 Å². The highest BCUT2D eigenvalue weighted by atomic mass is 15.3. The molecule has 5 nitrogen and oxygen atoms in total. The number of rotatable bonds is 4. The Balaban J connectivity index is 1.89. The summed E-state index contributed by atoms with van der Waals surface area (Å²) in [4.78, 5) is 3.98. The highest BCUT2D eigenvalue weighted by Gasteiger charge is 2.01. The predicted octanol–water partition coefficient (Wildman–Crippen LogP) is 1.37. The molecule has 2 N–H and O–H groups in total. The molecule has 0 aliphatic carbocycles. The molecule has 0 saturated carbocycles. The van der Waals surface area contributed by atoms with Crippen molar-refractivity contribution in [1.29, 1.82) is 0 Å². The number of aromatic nitrogens is 4. The lowest BCUT2D eigenvalue weighted by Gasteiger charge is -2.06. The van der Waals surface area contributed by atoms with Crippen LogP contribution in [0.25, 0.3) is 0 Å². The second-order valence-electron chi connectivity index (χ2n) is 3.98. The van der Waals surface area contributed by atoms with Gasteiger partial charge in [-0.2, -0.15) is 5.10 Å². The smallest absolute Gasteiger partial charge is 0.200 e. The lowest BCUT2D eigenvalue weighted by Crippen LogP contribution is -2.08. The Hall–Kier alpha value is -1.78. The molecule has 2 heterocycles. The van der Waals surface area contributed by atoms with Crippen molar-refractivity contribution in [1.82, 2.24) is 19.3 Å². The quantitative estimate of drug-likeness (QED) is 0.844. The van der Waals surface area contributed by atoms with Crippen molar-refractivity contribution >= 4 is 5.95 Å². The van der Waals surface area contributed by atoms with E-state index in [1.165, 1.54) is 5.69 Å². The van der Waals surface area contributed by atoms with Gasteiger partial charge in [0.2, 0.25) is 0 Å². The first-order valence-electron chi connectivity index (χ1n) is 5.44. The van der Waals surface area contributed by atoms with Crippen molar-refractivity contribution in [3.8, 4) is 0 Å². The molecule has 0 aromatic carbocycles. The molecule has 2 aromatic heterocycles. The largest absolute Gasteiger partial charge is 0.369 e. The normalized spacial score (nSPS) is 10.9. The van der Waals surface area contributed by atoms with Crippen molar-refractivity contribution in [2.45, 2.75) is 33.4 Å². The van der Waals surface area contributed by atoms with Crippen LogP contribution < -0.4 is 5.73 Å². The van der Waals surface area contributed by atoms with Gasteiger partial charge in [-0.15, -0.1) is 0 Å². The number of nitrogen functional groups attached to an aromatic ring is 1. The summed E-state index contributed by atoms with van der Waals surface area (Å²) in [5.74, 6) is 0.577. The van der Waals surface area contributed by atoms with Crippen molar-refractivity contribution in [3.05, 3.63) is 29.8 Å². The maximum atomic E-state index is 5.68. The lowest BCUT2D eigenvalue weighted by molar-refractivity contribution is 0.519. The van der Waals surface area contributed by atoms with Crippen LogP contribution in [0.2, 0.25) is 0 Å². The maximum Gasteiger partial charge on any atom is 0.200 e. The topological polar surface area (TPSA) is 61.7 Å². The van der Waals surface area contributed by atoms with Gasteiger partial charge in [-0.3, -0.25) is 4.68 Å². The van der Waals surface area contributed by atoms with Gasteiger partial charge in [-0.25, -0.2) is 4.98 Å². The summed E-state index contributed by atoms with van der Waals surface area (Å²) in [5.41, 5.74) is 7.96. The standard InChI is InChI=1S/C11H17N5/c1-9-8-10(2)16(14-9)6-3-5-15-7-4-13-11(15)12/h4,7-8H,3,5-6H2,1-2H3,(H2,12,13). The summed E-state index contributed by atoms with van der Waals surface area (Å²) in [7, 11) is 0. The fraction of sp³-hybridized carbons (Fsp3) is 0.455. The van der Waals surface area contributed by atoms with Gasteiger partial charge >= 0.3 is 0 Å². The summed E-state index contributed by atoms with van der Waals surface area (Å²) in [6.45, 7) is 5.88. The number of anilines is 1. The van der Waals surface area contributed by atoms with Crippen LogP contribution in [0.5, 0.6) is 0 Å². The molecule has 2 aromatic rings. The van der Waals surface area contributed by atoms with Gasteiger partial charge in [-0.1, -0.05) is 0 Å². The zero-order valence-corrected chi connectivity index (χ0v) is 9.72. The molecule has 5 heteroatoms. The Morgan fingerprint density at radius 3 is 2.69 bits per heavy atom. The number of nitrogens with two attached hydrogens (primary N) is 1. The van der Waals surface area contributed by atoms with Crippen LogP contribution in [0.1, 0.15) is 17.8 Å². The molecule has 0 spiro atoms. The Bertz CT molecular complexity index is 468. The fourth-order valence-electron chi connectivity index (χ4n) is 1.82. The van der Waals surface area contributed by atoms with E-state index in [0.717, 1.165) is 25.2 Å². The summed E-state index contributed by atoms with van der Waals surface area (Å²) in [5, 5.41) is 4.41. The minimum atomic E-state index is 0.577. The molecule has 0 radical (unpaired) electrons. The molecule has 0 aliphatic rings. The summed E-state index contributed by atoms with van der Waals surface area (Å²) in [6.07, 6.45) is 4.62. The predicted molar refractivity (Wildman–Crippen MR) is 63.0 cm³/mol. The molecule has 86 valence electrons. The molecule has 16 heavy (non-hydrogen) atoms. The molecule has 0 unspecified atom stereocenters. The van der Waals surface area contributed by atoms with Gasteiger partial charge in [0.25, 0.3) is 0 Å². The third-order valence-electron chi connectivity index (χ3n) is 2.62. The fourth-order valence-corrected chi connectivity index (χ4v) is 1.82. The molecule has 0 fully saturated rings. The van der Waals surface area contributed by atoms with Gasteiger partial charge in [0.05, 0.1) is 5.69 Å². The zero-order valence-electron chi connectivity index (χ0n) is 9.72. The van der Waals surface area contributed by atoms with Gasteiger partial charge in [0.1, 0.15) is 0 Å². The highest BCUT2D eigenvalue weighted by molar-refractivity contribution is 5.16. The van der Waals surface area contributed by atoms with E-state index in [-0.39, 0.29) is 0 Å². The van der Waals surface area contributed by atoms with E-state index in [1.54, 1.807) is 6.20 Å². The molecule has 0 saturated heterocycles. The Kier molecular flexibility index (Phi) is 2.94. The maximum absolute atomic E-state index is 5.68. The Labute approximate surface area is 94.9 Å². The van der Waals surface area contributed by atoms with E-state index in [1.807, 2.05) is 22.4 Å². The van der Waals surface area contributed by atoms with Crippen LogP contribution in [0.4, 0.5) is 5.95 Å². The number of hydrogen-bond acceptors (Lipinski definition) is 3. The van der Waals surface area contributed by atoms with Crippen LogP contribution in [-0.4, -0.2) is 19.3 Å². The number of imidazole rings is 1. The Morgan fingerprint density at radius 2 is 2.12 bits per heavy atom.